The third-order valence-electron chi connectivity index (χ3n) is 5.13. The summed E-state index contributed by atoms with van der Waals surface area (Å²) in [4.78, 5) is 27.9. The number of likely N-dealkylation sites (tertiary alicyclic amines) is 1. The maximum absolute atomic E-state index is 12.9. The van der Waals surface area contributed by atoms with Crippen LogP contribution in [0.1, 0.15) is 39.0 Å². The Morgan fingerprint density at radius 1 is 1.24 bits per heavy atom. The molecule has 6 heteroatoms. The highest BCUT2D eigenvalue weighted by atomic mass is 32.2. The minimum absolute atomic E-state index is 0.0315. The minimum Gasteiger partial charge on any atom is -0.480 e. The maximum atomic E-state index is 12.9. The minimum atomic E-state index is -0.867. The number of carbonyl (C=O) groups is 2. The number of carbonyl (C=O) groups excluding carboxylic acids is 1. The van der Waals surface area contributed by atoms with Gasteiger partial charge < -0.3 is 10.0 Å². The molecule has 0 bridgehead atoms. The molecule has 0 aromatic heterocycles. The molecule has 2 amide bonds. The van der Waals surface area contributed by atoms with Crippen molar-refractivity contribution < 1.29 is 14.7 Å². The maximum Gasteiger partial charge on any atom is 0.327 e. The van der Waals surface area contributed by atoms with Gasteiger partial charge in [-0.15, -0.1) is 11.8 Å². The van der Waals surface area contributed by atoms with Crippen LogP contribution in [0.5, 0.6) is 0 Å². The van der Waals surface area contributed by atoms with Crippen LogP contribution in [0.25, 0.3) is 0 Å². The second-order valence-electron chi connectivity index (χ2n) is 6.48. The Labute approximate surface area is 130 Å². The molecule has 3 fully saturated rings. The van der Waals surface area contributed by atoms with E-state index >= 15 is 0 Å². The summed E-state index contributed by atoms with van der Waals surface area (Å²) in [6.45, 7) is 3.74. The first-order valence-corrected chi connectivity index (χ1v) is 9.08. The average molecular weight is 312 g/mol. The van der Waals surface area contributed by atoms with Crippen LogP contribution in [0.2, 0.25) is 0 Å². The highest BCUT2D eigenvalue weighted by molar-refractivity contribution is 8.00. The highest BCUT2D eigenvalue weighted by Crippen LogP contribution is 2.40. The standard InChI is InChI=1S/C15H24N2O3S/c1-2-4-13-17(12(9-21-13)14(18)19)15(20)16-7-10-5-3-6-11(10)8-16/h10-13H,2-9H2,1H3,(H,18,19). The first-order valence-electron chi connectivity index (χ1n) is 8.03. The molecule has 0 spiro atoms. The fraction of sp³-hybridized carbons (Fsp3) is 0.867. The molecule has 1 saturated carbocycles. The Hall–Kier alpha value is -0.910. The monoisotopic (exact) mass is 312 g/mol. The van der Waals surface area contributed by atoms with E-state index in [-0.39, 0.29) is 11.4 Å². The Balaban J connectivity index is 1.72. The molecule has 0 aromatic rings. The lowest BCUT2D eigenvalue weighted by Crippen LogP contribution is -2.51. The van der Waals surface area contributed by atoms with Gasteiger partial charge in [-0.25, -0.2) is 9.59 Å². The lowest BCUT2D eigenvalue weighted by Gasteiger charge is -2.31. The van der Waals surface area contributed by atoms with Crippen molar-refractivity contribution >= 4 is 23.8 Å². The summed E-state index contributed by atoms with van der Waals surface area (Å²) in [5, 5.41) is 9.43. The Bertz CT molecular complexity index is 419. The molecule has 5 nitrogen and oxygen atoms in total. The number of amides is 2. The summed E-state index contributed by atoms with van der Waals surface area (Å²) in [7, 11) is 0. The topological polar surface area (TPSA) is 60.9 Å². The van der Waals surface area contributed by atoms with Gasteiger partial charge in [0.1, 0.15) is 6.04 Å². The summed E-state index contributed by atoms with van der Waals surface area (Å²) in [5.74, 6) is 0.954. The van der Waals surface area contributed by atoms with Crippen molar-refractivity contribution in [3.05, 3.63) is 0 Å². The summed E-state index contributed by atoms with van der Waals surface area (Å²) >= 11 is 1.62. The van der Waals surface area contributed by atoms with E-state index in [1.54, 1.807) is 16.7 Å². The fourth-order valence-electron chi connectivity index (χ4n) is 4.03. The van der Waals surface area contributed by atoms with Crippen LogP contribution in [0.3, 0.4) is 0 Å². The molecule has 4 atom stereocenters. The summed E-state index contributed by atoms with van der Waals surface area (Å²) in [6.07, 6.45) is 5.58. The number of rotatable bonds is 3. The molecule has 118 valence electrons. The molecule has 1 aliphatic carbocycles. The van der Waals surface area contributed by atoms with Crippen molar-refractivity contribution in [3.63, 3.8) is 0 Å². The fourth-order valence-corrected chi connectivity index (χ4v) is 5.54. The van der Waals surface area contributed by atoms with Gasteiger partial charge in [0.25, 0.3) is 0 Å². The van der Waals surface area contributed by atoms with E-state index in [1.807, 2.05) is 4.90 Å². The SMILES string of the molecule is CCCC1SCC(C(=O)O)N1C(=O)N1CC2CCCC2C1. The van der Waals surface area contributed by atoms with Crippen molar-refractivity contribution in [2.75, 3.05) is 18.8 Å². The predicted molar refractivity (Wildman–Crippen MR) is 82.2 cm³/mol. The van der Waals surface area contributed by atoms with Crippen LogP contribution in [0, 0.1) is 11.8 Å². The van der Waals surface area contributed by atoms with Crippen LogP contribution in [0.15, 0.2) is 0 Å². The zero-order chi connectivity index (χ0) is 15.0. The first-order chi connectivity index (χ1) is 10.1. The van der Waals surface area contributed by atoms with Gasteiger partial charge in [0.2, 0.25) is 0 Å². The van der Waals surface area contributed by atoms with Gasteiger partial charge in [0.05, 0.1) is 5.37 Å². The summed E-state index contributed by atoms with van der Waals surface area (Å²) in [6, 6.07) is -0.695. The molecule has 4 unspecified atom stereocenters. The van der Waals surface area contributed by atoms with Crippen LogP contribution < -0.4 is 0 Å². The van der Waals surface area contributed by atoms with Gasteiger partial charge in [-0.3, -0.25) is 4.90 Å². The van der Waals surface area contributed by atoms with Gasteiger partial charge in [0.15, 0.2) is 0 Å². The Kier molecular flexibility index (Phi) is 4.33. The van der Waals surface area contributed by atoms with Crippen molar-refractivity contribution in [1.82, 2.24) is 9.80 Å². The third-order valence-corrected chi connectivity index (χ3v) is 6.49. The van der Waals surface area contributed by atoms with Gasteiger partial charge in [0, 0.05) is 18.8 Å². The third kappa shape index (κ3) is 2.74. The molecule has 0 aromatic carbocycles. The zero-order valence-electron chi connectivity index (χ0n) is 12.5. The number of aliphatic carboxylic acids is 1. The zero-order valence-corrected chi connectivity index (χ0v) is 13.3. The number of nitrogens with zero attached hydrogens (tertiary/aromatic N) is 2. The largest absolute Gasteiger partial charge is 0.480 e. The number of hydrogen-bond donors (Lipinski definition) is 1. The number of urea groups is 1. The van der Waals surface area contributed by atoms with Gasteiger partial charge in [-0.05, 0) is 31.1 Å². The molecule has 21 heavy (non-hydrogen) atoms. The Morgan fingerprint density at radius 3 is 2.48 bits per heavy atom. The van der Waals surface area contributed by atoms with Crippen molar-refractivity contribution in [1.29, 1.82) is 0 Å². The molecular formula is C15H24N2O3S. The van der Waals surface area contributed by atoms with E-state index in [9.17, 15) is 14.7 Å². The molecule has 1 N–H and O–H groups in total. The first kappa shape index (κ1) is 15.0. The van der Waals surface area contributed by atoms with E-state index in [0.29, 0.717) is 17.6 Å². The second kappa shape index (κ2) is 6.07. The number of carboxylic acids is 1. The lowest BCUT2D eigenvalue weighted by atomic mass is 10.0. The van der Waals surface area contributed by atoms with Gasteiger partial charge >= 0.3 is 12.0 Å². The second-order valence-corrected chi connectivity index (χ2v) is 7.69. The Morgan fingerprint density at radius 2 is 1.90 bits per heavy atom. The van der Waals surface area contributed by atoms with Gasteiger partial charge in [-0.2, -0.15) is 0 Å². The van der Waals surface area contributed by atoms with Crippen LogP contribution in [-0.4, -0.2) is 57.2 Å². The molecule has 3 rings (SSSR count). The molecule has 3 aliphatic rings. The number of fused-ring (bicyclic) bond motifs is 1. The average Bonchev–Trinajstić information content (AvgIpc) is 3.11. The number of carboxylic acid groups (broad SMARTS) is 1. The lowest BCUT2D eigenvalue weighted by molar-refractivity contribution is -0.141. The van der Waals surface area contributed by atoms with Crippen molar-refractivity contribution in [3.8, 4) is 0 Å². The number of hydrogen-bond acceptors (Lipinski definition) is 3. The molecule has 0 radical (unpaired) electrons. The van der Waals surface area contributed by atoms with E-state index in [2.05, 4.69) is 6.92 Å². The van der Waals surface area contributed by atoms with E-state index in [4.69, 9.17) is 0 Å². The molecule has 2 saturated heterocycles. The molecular weight excluding hydrogens is 288 g/mol. The summed E-state index contributed by atoms with van der Waals surface area (Å²) < 4.78 is 0. The number of thioether (sulfide) groups is 1. The van der Waals surface area contributed by atoms with E-state index in [0.717, 1.165) is 25.9 Å². The predicted octanol–water partition coefficient (Wildman–Crippen LogP) is 2.47. The van der Waals surface area contributed by atoms with E-state index in [1.165, 1.54) is 19.3 Å². The quantitative estimate of drug-likeness (QED) is 0.869. The van der Waals surface area contributed by atoms with Gasteiger partial charge in [-0.1, -0.05) is 19.8 Å². The smallest absolute Gasteiger partial charge is 0.327 e. The normalized spacial score (nSPS) is 35.3. The van der Waals surface area contributed by atoms with Crippen molar-refractivity contribution in [2.45, 2.75) is 50.4 Å². The van der Waals surface area contributed by atoms with Crippen LogP contribution in [0.4, 0.5) is 4.79 Å². The summed E-state index contributed by atoms with van der Waals surface area (Å²) in [5.41, 5.74) is 0. The van der Waals surface area contributed by atoms with E-state index < -0.39 is 12.0 Å². The van der Waals surface area contributed by atoms with Crippen LogP contribution >= 0.6 is 11.8 Å². The van der Waals surface area contributed by atoms with Crippen LogP contribution in [-0.2, 0) is 4.79 Å². The highest BCUT2D eigenvalue weighted by Gasteiger charge is 2.46. The molecule has 2 aliphatic heterocycles. The molecule has 2 heterocycles. The van der Waals surface area contributed by atoms with Crippen molar-refractivity contribution in [2.24, 2.45) is 11.8 Å².